The number of anilines is 1. The Morgan fingerprint density at radius 2 is 1.95 bits per heavy atom. The SMILES string of the molecule is Cc1cc(C)c2c(CC(=O)Nc3ccc(I)cc3)noc2c1. The Hall–Kier alpha value is -1.89. The van der Waals surface area contributed by atoms with Crippen molar-refractivity contribution >= 4 is 45.2 Å². The van der Waals surface area contributed by atoms with E-state index >= 15 is 0 Å². The summed E-state index contributed by atoms with van der Waals surface area (Å²) < 4.78 is 6.48. The molecule has 1 amide bonds. The van der Waals surface area contributed by atoms with Gasteiger partial charge in [-0.25, -0.2) is 0 Å². The van der Waals surface area contributed by atoms with Crippen LogP contribution in [-0.2, 0) is 11.2 Å². The van der Waals surface area contributed by atoms with E-state index in [1.54, 1.807) is 0 Å². The maximum Gasteiger partial charge on any atom is 0.230 e. The zero-order valence-electron chi connectivity index (χ0n) is 12.3. The average Bonchev–Trinajstić information content (AvgIpc) is 2.84. The lowest BCUT2D eigenvalue weighted by molar-refractivity contribution is -0.115. The van der Waals surface area contributed by atoms with Crippen molar-refractivity contribution in [1.82, 2.24) is 5.16 Å². The van der Waals surface area contributed by atoms with E-state index in [-0.39, 0.29) is 12.3 Å². The first-order valence-corrected chi connectivity index (χ1v) is 8.02. The molecule has 5 heteroatoms. The summed E-state index contributed by atoms with van der Waals surface area (Å²) in [6.07, 6.45) is 0.197. The standard InChI is InChI=1S/C17H15IN2O2/c1-10-7-11(2)17-14(20-22-15(17)8-10)9-16(21)19-13-5-3-12(18)4-6-13/h3-8H,9H2,1-2H3,(H,19,21). The van der Waals surface area contributed by atoms with E-state index in [4.69, 9.17) is 4.52 Å². The number of aryl methyl sites for hydroxylation is 2. The van der Waals surface area contributed by atoms with E-state index in [1.807, 2.05) is 44.2 Å². The van der Waals surface area contributed by atoms with E-state index in [0.717, 1.165) is 31.4 Å². The zero-order chi connectivity index (χ0) is 15.7. The summed E-state index contributed by atoms with van der Waals surface area (Å²) in [5.41, 5.74) is 4.39. The quantitative estimate of drug-likeness (QED) is 0.663. The summed E-state index contributed by atoms with van der Waals surface area (Å²) in [5, 5.41) is 7.87. The van der Waals surface area contributed by atoms with Crippen LogP contribution < -0.4 is 5.32 Å². The van der Waals surface area contributed by atoms with Gasteiger partial charge in [-0.15, -0.1) is 0 Å². The van der Waals surface area contributed by atoms with Crippen molar-refractivity contribution in [3.8, 4) is 0 Å². The highest BCUT2D eigenvalue weighted by Gasteiger charge is 2.15. The highest BCUT2D eigenvalue weighted by Crippen LogP contribution is 2.24. The number of hydrogen-bond acceptors (Lipinski definition) is 3. The third-order valence-corrected chi connectivity index (χ3v) is 4.16. The normalized spacial score (nSPS) is 10.9. The minimum absolute atomic E-state index is 0.101. The number of aromatic nitrogens is 1. The topological polar surface area (TPSA) is 55.1 Å². The summed E-state index contributed by atoms with van der Waals surface area (Å²) in [5.74, 6) is -0.101. The highest BCUT2D eigenvalue weighted by atomic mass is 127. The molecule has 112 valence electrons. The van der Waals surface area contributed by atoms with Crippen LogP contribution in [0.25, 0.3) is 11.0 Å². The van der Waals surface area contributed by atoms with Crippen LogP contribution >= 0.6 is 22.6 Å². The monoisotopic (exact) mass is 406 g/mol. The fourth-order valence-electron chi connectivity index (χ4n) is 2.53. The molecule has 0 aliphatic carbocycles. The molecule has 2 aromatic carbocycles. The van der Waals surface area contributed by atoms with Crippen LogP contribution in [0.5, 0.6) is 0 Å². The molecule has 0 atom stereocenters. The Morgan fingerprint density at radius 3 is 2.68 bits per heavy atom. The first-order chi connectivity index (χ1) is 10.5. The van der Waals surface area contributed by atoms with Gasteiger partial charge in [-0.3, -0.25) is 4.79 Å². The van der Waals surface area contributed by atoms with Crippen molar-refractivity contribution in [3.05, 3.63) is 56.8 Å². The van der Waals surface area contributed by atoms with Crippen LogP contribution in [0.1, 0.15) is 16.8 Å². The van der Waals surface area contributed by atoms with E-state index in [9.17, 15) is 4.79 Å². The second-order valence-electron chi connectivity index (χ2n) is 5.32. The minimum Gasteiger partial charge on any atom is -0.356 e. The molecule has 22 heavy (non-hydrogen) atoms. The summed E-state index contributed by atoms with van der Waals surface area (Å²) in [6, 6.07) is 11.7. The molecule has 0 radical (unpaired) electrons. The van der Waals surface area contributed by atoms with Gasteiger partial charge in [0.2, 0.25) is 5.91 Å². The molecule has 0 aliphatic heterocycles. The van der Waals surface area contributed by atoms with Crippen LogP contribution in [0.4, 0.5) is 5.69 Å². The van der Waals surface area contributed by atoms with Gasteiger partial charge in [0, 0.05) is 14.6 Å². The van der Waals surface area contributed by atoms with Gasteiger partial charge in [0.25, 0.3) is 0 Å². The van der Waals surface area contributed by atoms with Crippen molar-refractivity contribution in [2.24, 2.45) is 0 Å². The fourth-order valence-corrected chi connectivity index (χ4v) is 2.89. The Kier molecular flexibility index (Phi) is 4.15. The van der Waals surface area contributed by atoms with Gasteiger partial charge in [0.15, 0.2) is 5.58 Å². The molecule has 0 saturated heterocycles. The van der Waals surface area contributed by atoms with Crippen molar-refractivity contribution in [2.75, 3.05) is 5.32 Å². The number of fused-ring (bicyclic) bond motifs is 1. The molecule has 3 rings (SSSR count). The molecule has 0 unspecified atom stereocenters. The lowest BCUT2D eigenvalue weighted by atomic mass is 10.0. The Labute approximate surface area is 142 Å². The molecule has 1 aromatic heterocycles. The number of carbonyl (C=O) groups is 1. The van der Waals surface area contributed by atoms with Crippen LogP contribution in [-0.4, -0.2) is 11.1 Å². The number of amides is 1. The van der Waals surface area contributed by atoms with Crippen LogP contribution in [0.15, 0.2) is 40.9 Å². The molecular weight excluding hydrogens is 391 g/mol. The predicted octanol–water partition coefficient (Wildman–Crippen LogP) is 4.23. The minimum atomic E-state index is -0.101. The van der Waals surface area contributed by atoms with Crippen molar-refractivity contribution < 1.29 is 9.32 Å². The van der Waals surface area contributed by atoms with Crippen molar-refractivity contribution in [2.45, 2.75) is 20.3 Å². The maximum atomic E-state index is 12.2. The number of nitrogens with one attached hydrogen (secondary N) is 1. The summed E-state index contributed by atoms with van der Waals surface area (Å²) in [6.45, 7) is 4.02. The van der Waals surface area contributed by atoms with Gasteiger partial charge in [-0.1, -0.05) is 11.2 Å². The second kappa shape index (κ2) is 6.08. The molecule has 1 heterocycles. The molecule has 4 nitrogen and oxygen atoms in total. The molecule has 0 fully saturated rings. The van der Waals surface area contributed by atoms with E-state index < -0.39 is 0 Å². The van der Waals surface area contributed by atoms with E-state index in [0.29, 0.717) is 5.69 Å². The largest absolute Gasteiger partial charge is 0.356 e. The van der Waals surface area contributed by atoms with Crippen molar-refractivity contribution in [1.29, 1.82) is 0 Å². The van der Waals surface area contributed by atoms with Gasteiger partial charge in [0.05, 0.1) is 6.42 Å². The van der Waals surface area contributed by atoms with Crippen molar-refractivity contribution in [3.63, 3.8) is 0 Å². The third-order valence-electron chi connectivity index (χ3n) is 3.44. The number of rotatable bonds is 3. The van der Waals surface area contributed by atoms with Crippen LogP contribution in [0.2, 0.25) is 0 Å². The van der Waals surface area contributed by atoms with Crippen LogP contribution in [0, 0.1) is 17.4 Å². The predicted molar refractivity (Wildman–Crippen MR) is 95.0 cm³/mol. The van der Waals surface area contributed by atoms with Gasteiger partial charge >= 0.3 is 0 Å². The number of benzene rings is 2. The Bertz CT molecular complexity index is 838. The lowest BCUT2D eigenvalue weighted by Gasteiger charge is -2.04. The maximum absolute atomic E-state index is 12.2. The molecule has 0 aliphatic rings. The van der Waals surface area contributed by atoms with E-state index in [1.165, 1.54) is 0 Å². The molecule has 3 aromatic rings. The smallest absolute Gasteiger partial charge is 0.230 e. The molecule has 0 saturated carbocycles. The van der Waals surface area contributed by atoms with Crippen LogP contribution in [0.3, 0.4) is 0 Å². The molecule has 0 spiro atoms. The second-order valence-corrected chi connectivity index (χ2v) is 6.56. The third kappa shape index (κ3) is 3.14. The fraction of sp³-hybridized carbons (Fsp3) is 0.176. The Morgan fingerprint density at radius 1 is 1.23 bits per heavy atom. The number of carbonyl (C=O) groups excluding carboxylic acids is 1. The van der Waals surface area contributed by atoms with Gasteiger partial charge in [0.1, 0.15) is 5.69 Å². The first kappa shape index (κ1) is 15.0. The first-order valence-electron chi connectivity index (χ1n) is 6.94. The zero-order valence-corrected chi connectivity index (χ0v) is 14.5. The van der Waals surface area contributed by atoms with Gasteiger partial charge in [-0.2, -0.15) is 0 Å². The summed E-state index contributed by atoms with van der Waals surface area (Å²) in [7, 11) is 0. The average molecular weight is 406 g/mol. The van der Waals surface area contributed by atoms with Gasteiger partial charge < -0.3 is 9.84 Å². The number of hydrogen-bond donors (Lipinski definition) is 1. The molecular formula is C17H15IN2O2. The summed E-state index contributed by atoms with van der Waals surface area (Å²) in [4.78, 5) is 12.2. The molecule has 0 bridgehead atoms. The lowest BCUT2D eigenvalue weighted by Crippen LogP contribution is -2.14. The highest BCUT2D eigenvalue weighted by molar-refractivity contribution is 14.1. The Balaban J connectivity index is 1.81. The number of nitrogens with zero attached hydrogens (tertiary/aromatic N) is 1. The van der Waals surface area contributed by atoms with E-state index in [2.05, 4.69) is 39.1 Å². The van der Waals surface area contributed by atoms with Gasteiger partial charge in [-0.05, 0) is 77.9 Å². The summed E-state index contributed by atoms with van der Waals surface area (Å²) >= 11 is 2.23. The molecule has 1 N–H and O–H groups in total. The number of halogens is 1.